The lowest BCUT2D eigenvalue weighted by molar-refractivity contribution is -0.432. The molecule has 0 saturated carbocycles. The molecule has 5 N–H and O–H groups in total. The number of hydrogen-bond donors (Lipinski definition) is 5. The van der Waals surface area contributed by atoms with Crippen LogP contribution in [0.3, 0.4) is 0 Å². The molecule has 0 spiro atoms. The van der Waals surface area contributed by atoms with Gasteiger partial charge in [-0.2, -0.15) is 15.0 Å². The fourth-order valence-electron chi connectivity index (χ4n) is 2.86. The molecule has 12 heteroatoms. The molecule has 11 nitrogen and oxygen atoms in total. The average molecular weight is 473 g/mol. The van der Waals surface area contributed by atoms with Crippen molar-refractivity contribution in [3.05, 3.63) is 60.7 Å². The van der Waals surface area contributed by atoms with E-state index in [1.165, 1.54) is 0 Å². The minimum Gasteiger partial charge on any atom is -0.395 e. The molecular formula is C21H24N6O5S. The van der Waals surface area contributed by atoms with Gasteiger partial charge in [0.1, 0.15) is 0 Å². The van der Waals surface area contributed by atoms with Gasteiger partial charge in [-0.3, -0.25) is 0 Å². The Hall–Kier alpha value is -3.26. The molecule has 1 aromatic heterocycles. The Balaban J connectivity index is 1.94. The predicted molar refractivity (Wildman–Crippen MR) is 126 cm³/mol. The molecule has 0 bridgehead atoms. The van der Waals surface area contributed by atoms with E-state index in [0.29, 0.717) is 10.6 Å². The highest BCUT2D eigenvalue weighted by Gasteiger charge is 2.14. The molecule has 33 heavy (non-hydrogen) atoms. The fourth-order valence-corrected chi connectivity index (χ4v) is 3.38. The van der Waals surface area contributed by atoms with Crippen LogP contribution in [0.4, 0.5) is 29.2 Å². The highest BCUT2D eigenvalue weighted by Crippen LogP contribution is 2.29. The molecule has 0 atom stereocenters. The number of rotatable bonds is 13. The minimum atomic E-state index is -0.133. The minimum absolute atomic E-state index is 0.133. The number of aliphatic hydroxyl groups excluding tert-OH is 2. The SMILES string of the molecule is C=Cc1ccc(Nc2nc(Nc3ccccc3)nc(N(CCO)CCO)n2)cc1SOOO. The molecule has 0 aliphatic rings. The van der Waals surface area contributed by atoms with Crippen molar-refractivity contribution in [2.45, 2.75) is 4.90 Å². The summed E-state index contributed by atoms with van der Waals surface area (Å²) in [5, 5.41) is 37.2. The molecule has 3 aromatic rings. The lowest BCUT2D eigenvalue weighted by Crippen LogP contribution is -2.31. The average Bonchev–Trinajstić information content (AvgIpc) is 2.83. The van der Waals surface area contributed by atoms with Crippen LogP contribution in [-0.4, -0.2) is 56.7 Å². The standard InChI is InChI=1S/C21H24N6O5S/c1-2-15-8-9-17(14-18(15)33-32-31-30)23-20-24-19(22-16-6-4-3-5-7-16)25-21(26-20)27(10-12-28)11-13-29/h2-9,14,28-30H,1,10-13H2,(H2,22,23,24,25,26). The van der Waals surface area contributed by atoms with Gasteiger partial charge in [-0.05, 0) is 29.8 Å². The zero-order chi connectivity index (χ0) is 23.5. The number of aromatic nitrogens is 3. The van der Waals surface area contributed by atoms with Crippen molar-refractivity contribution in [1.82, 2.24) is 15.0 Å². The van der Waals surface area contributed by atoms with Gasteiger partial charge in [-0.25, -0.2) is 5.26 Å². The third-order valence-corrected chi connectivity index (χ3v) is 4.98. The van der Waals surface area contributed by atoms with Gasteiger partial charge in [-0.1, -0.05) is 42.0 Å². The molecule has 0 amide bonds. The first kappa shape index (κ1) is 24.4. The van der Waals surface area contributed by atoms with Crippen LogP contribution in [0.25, 0.3) is 6.08 Å². The second-order valence-corrected chi connectivity index (χ2v) is 7.26. The summed E-state index contributed by atoms with van der Waals surface area (Å²) in [4.78, 5) is 15.6. The Labute approximate surface area is 194 Å². The molecule has 174 valence electrons. The number of anilines is 5. The molecule has 0 fully saturated rings. The number of hydrogen-bond acceptors (Lipinski definition) is 12. The molecule has 2 aromatic carbocycles. The van der Waals surface area contributed by atoms with Gasteiger partial charge in [-0.15, -0.1) is 4.33 Å². The molecule has 0 aliphatic heterocycles. The van der Waals surface area contributed by atoms with E-state index in [1.54, 1.807) is 29.2 Å². The van der Waals surface area contributed by atoms with Gasteiger partial charge in [0.05, 0.1) is 25.3 Å². The van der Waals surface area contributed by atoms with E-state index in [-0.39, 0.29) is 44.1 Å². The van der Waals surface area contributed by atoms with Gasteiger partial charge in [0, 0.05) is 29.4 Å². The highest BCUT2D eigenvalue weighted by atomic mass is 32.2. The van der Waals surface area contributed by atoms with Crippen LogP contribution >= 0.6 is 12.0 Å². The maximum Gasteiger partial charge on any atom is 0.233 e. The van der Waals surface area contributed by atoms with E-state index < -0.39 is 0 Å². The molecule has 0 aliphatic carbocycles. The van der Waals surface area contributed by atoms with Crippen molar-refractivity contribution in [1.29, 1.82) is 0 Å². The van der Waals surface area contributed by atoms with Gasteiger partial charge in [0.2, 0.25) is 17.8 Å². The summed E-state index contributed by atoms with van der Waals surface area (Å²) >= 11 is 0.810. The van der Waals surface area contributed by atoms with E-state index >= 15 is 0 Å². The highest BCUT2D eigenvalue weighted by molar-refractivity contribution is 7.94. The van der Waals surface area contributed by atoms with E-state index in [1.807, 2.05) is 30.3 Å². The number of nitrogens with one attached hydrogen (secondary N) is 2. The van der Waals surface area contributed by atoms with Crippen LogP contribution in [0.2, 0.25) is 0 Å². The maximum absolute atomic E-state index is 9.41. The third kappa shape index (κ3) is 7.12. The first-order valence-electron chi connectivity index (χ1n) is 9.90. The first-order chi connectivity index (χ1) is 16.2. The monoisotopic (exact) mass is 472 g/mol. The zero-order valence-electron chi connectivity index (χ0n) is 17.6. The van der Waals surface area contributed by atoms with Crippen molar-refractivity contribution in [3.63, 3.8) is 0 Å². The second-order valence-electron chi connectivity index (χ2n) is 6.52. The Morgan fingerprint density at radius 2 is 1.61 bits per heavy atom. The number of nitrogens with zero attached hydrogens (tertiary/aromatic N) is 4. The fraction of sp³-hybridized carbons (Fsp3) is 0.190. The summed E-state index contributed by atoms with van der Waals surface area (Å²) in [6, 6.07) is 14.7. The lowest BCUT2D eigenvalue weighted by atomic mass is 10.2. The molecule has 0 saturated heterocycles. The molecule has 1 heterocycles. The van der Waals surface area contributed by atoms with E-state index in [0.717, 1.165) is 23.3 Å². The van der Waals surface area contributed by atoms with Gasteiger partial charge < -0.3 is 25.7 Å². The molecule has 0 unspecified atom stereocenters. The van der Waals surface area contributed by atoms with Crippen LogP contribution in [0.5, 0.6) is 0 Å². The van der Waals surface area contributed by atoms with Crippen molar-refractivity contribution in [3.8, 4) is 0 Å². The van der Waals surface area contributed by atoms with Crippen LogP contribution < -0.4 is 15.5 Å². The van der Waals surface area contributed by atoms with E-state index in [2.05, 4.69) is 41.5 Å². The van der Waals surface area contributed by atoms with Gasteiger partial charge >= 0.3 is 0 Å². The summed E-state index contributed by atoms with van der Waals surface area (Å²) in [6.07, 6.45) is 1.64. The number of benzene rings is 2. The van der Waals surface area contributed by atoms with Gasteiger partial charge in [0.15, 0.2) is 0 Å². The summed E-state index contributed by atoms with van der Waals surface area (Å²) in [7, 11) is 0. The van der Waals surface area contributed by atoms with Crippen molar-refractivity contribution in [2.24, 2.45) is 0 Å². The summed E-state index contributed by atoms with van der Waals surface area (Å²) in [6.45, 7) is 3.96. The van der Waals surface area contributed by atoms with Crippen molar-refractivity contribution in [2.75, 3.05) is 41.8 Å². The van der Waals surface area contributed by atoms with Crippen LogP contribution in [0, 0.1) is 0 Å². The quantitative estimate of drug-likeness (QED) is 0.141. The lowest BCUT2D eigenvalue weighted by Gasteiger charge is -2.21. The summed E-state index contributed by atoms with van der Waals surface area (Å²) < 4.78 is 4.55. The van der Waals surface area contributed by atoms with Crippen LogP contribution in [0.1, 0.15) is 5.56 Å². The van der Waals surface area contributed by atoms with Crippen molar-refractivity contribution >= 4 is 47.3 Å². The van der Waals surface area contributed by atoms with Crippen molar-refractivity contribution < 1.29 is 24.8 Å². The smallest absolute Gasteiger partial charge is 0.233 e. The molecular weight excluding hydrogens is 448 g/mol. The number of para-hydroxylation sites is 1. The van der Waals surface area contributed by atoms with Gasteiger partial charge in [0.25, 0.3) is 0 Å². The van der Waals surface area contributed by atoms with E-state index in [4.69, 9.17) is 5.26 Å². The summed E-state index contributed by atoms with van der Waals surface area (Å²) in [5.41, 5.74) is 2.18. The van der Waals surface area contributed by atoms with Crippen LogP contribution in [0.15, 0.2) is 60.0 Å². The molecule has 0 radical (unpaired) electrons. The Morgan fingerprint density at radius 3 is 2.21 bits per heavy atom. The Kier molecular flexibility index (Phi) is 9.38. The second kappa shape index (κ2) is 12.7. The largest absolute Gasteiger partial charge is 0.395 e. The zero-order valence-corrected chi connectivity index (χ0v) is 18.4. The normalized spacial score (nSPS) is 10.6. The Bertz CT molecular complexity index is 1040. The first-order valence-corrected chi connectivity index (χ1v) is 10.6. The predicted octanol–water partition coefficient (Wildman–Crippen LogP) is 3.22. The summed E-state index contributed by atoms with van der Waals surface area (Å²) in [5.74, 6) is 0.799. The maximum atomic E-state index is 9.41. The van der Waals surface area contributed by atoms with E-state index in [9.17, 15) is 10.2 Å². The Morgan fingerprint density at radius 1 is 0.939 bits per heavy atom. The third-order valence-electron chi connectivity index (χ3n) is 4.32. The van der Waals surface area contributed by atoms with Crippen LogP contribution in [-0.2, 0) is 9.37 Å². The topological polar surface area (TPSA) is 145 Å². The molecule has 3 rings (SSSR count). The number of aliphatic hydroxyl groups is 2.